The van der Waals surface area contributed by atoms with Crippen LogP contribution in [0, 0.1) is 0 Å². The van der Waals surface area contributed by atoms with Crippen LogP contribution in [0.3, 0.4) is 0 Å². The van der Waals surface area contributed by atoms with E-state index in [9.17, 15) is 4.79 Å². The maximum Gasteiger partial charge on any atom is 0.274 e. The number of piperidine rings is 1. The first-order valence-electron chi connectivity index (χ1n) is 8.64. The van der Waals surface area contributed by atoms with E-state index in [1.165, 1.54) is 45.4 Å². The van der Waals surface area contributed by atoms with Crippen LogP contribution in [0.4, 0.5) is 0 Å². The highest BCUT2D eigenvalue weighted by Crippen LogP contribution is 2.23. The van der Waals surface area contributed by atoms with E-state index in [2.05, 4.69) is 26.8 Å². The Morgan fingerprint density at radius 3 is 2.71 bits per heavy atom. The maximum atomic E-state index is 12.7. The molecule has 0 bridgehead atoms. The van der Waals surface area contributed by atoms with Gasteiger partial charge in [0.2, 0.25) is 5.88 Å². The number of hydrogen-bond acceptors (Lipinski definition) is 6. The van der Waals surface area contributed by atoms with Crippen LogP contribution in [0.1, 0.15) is 29.8 Å². The van der Waals surface area contributed by atoms with Crippen molar-refractivity contribution < 1.29 is 9.53 Å². The summed E-state index contributed by atoms with van der Waals surface area (Å²) in [6.07, 6.45) is 6.48. The van der Waals surface area contributed by atoms with E-state index >= 15 is 0 Å². The molecule has 2 aliphatic heterocycles. The first kappa shape index (κ1) is 17.1. The monoisotopic (exact) mass is 333 g/mol. The second-order valence-electron chi connectivity index (χ2n) is 6.83. The minimum Gasteiger partial charge on any atom is -0.480 e. The van der Waals surface area contributed by atoms with Crippen LogP contribution in [0.2, 0.25) is 0 Å². The van der Waals surface area contributed by atoms with Crippen molar-refractivity contribution in [2.45, 2.75) is 31.3 Å². The van der Waals surface area contributed by atoms with Crippen LogP contribution in [-0.4, -0.2) is 90.0 Å². The number of aromatic nitrogens is 2. The summed E-state index contributed by atoms with van der Waals surface area (Å²) in [5.41, 5.74) is 0.342. The van der Waals surface area contributed by atoms with Gasteiger partial charge in [0.1, 0.15) is 0 Å². The average Bonchev–Trinajstić information content (AvgIpc) is 3.11. The molecule has 1 amide bonds. The number of rotatable bonds is 4. The summed E-state index contributed by atoms with van der Waals surface area (Å²) < 4.78 is 5.06. The molecule has 0 radical (unpaired) electrons. The predicted octanol–water partition coefficient (Wildman–Crippen LogP) is 0.726. The van der Waals surface area contributed by atoms with E-state index < -0.39 is 0 Å². The molecule has 1 aromatic heterocycles. The fourth-order valence-electron chi connectivity index (χ4n) is 3.67. The Morgan fingerprint density at radius 1 is 1.25 bits per heavy atom. The van der Waals surface area contributed by atoms with Gasteiger partial charge < -0.3 is 14.5 Å². The molecule has 0 aromatic carbocycles. The smallest absolute Gasteiger partial charge is 0.274 e. The van der Waals surface area contributed by atoms with Crippen LogP contribution in [0.5, 0.6) is 5.88 Å². The van der Waals surface area contributed by atoms with Crippen molar-refractivity contribution in [3.63, 3.8) is 0 Å². The predicted molar refractivity (Wildman–Crippen MR) is 91.2 cm³/mol. The Kier molecular flexibility index (Phi) is 5.30. The summed E-state index contributed by atoms with van der Waals surface area (Å²) >= 11 is 0. The Labute approximate surface area is 143 Å². The quantitative estimate of drug-likeness (QED) is 0.809. The summed E-state index contributed by atoms with van der Waals surface area (Å²) in [4.78, 5) is 27.7. The molecule has 132 valence electrons. The van der Waals surface area contributed by atoms with Gasteiger partial charge in [-0.1, -0.05) is 0 Å². The summed E-state index contributed by atoms with van der Waals surface area (Å²) in [5, 5.41) is 0. The second-order valence-corrected chi connectivity index (χ2v) is 6.83. The number of nitrogens with zero attached hydrogens (tertiary/aromatic N) is 5. The van der Waals surface area contributed by atoms with E-state index in [1.807, 2.05) is 11.9 Å². The fraction of sp³-hybridized carbons (Fsp3) is 0.706. The third-order valence-corrected chi connectivity index (χ3v) is 5.31. The molecule has 7 nitrogen and oxygen atoms in total. The molecule has 0 N–H and O–H groups in total. The molecule has 3 rings (SSSR count). The van der Waals surface area contributed by atoms with Crippen molar-refractivity contribution in [3.05, 3.63) is 18.1 Å². The minimum atomic E-state index is -0.0865. The molecule has 0 unspecified atom stereocenters. The number of likely N-dealkylation sites (tertiary alicyclic amines) is 2. The molecule has 3 heterocycles. The third-order valence-electron chi connectivity index (χ3n) is 5.31. The van der Waals surface area contributed by atoms with Gasteiger partial charge in [-0.25, -0.2) is 4.98 Å². The van der Waals surface area contributed by atoms with Gasteiger partial charge in [0, 0.05) is 32.2 Å². The van der Waals surface area contributed by atoms with Gasteiger partial charge in [0.25, 0.3) is 5.91 Å². The summed E-state index contributed by atoms with van der Waals surface area (Å²) in [6.45, 7) is 4.36. The highest BCUT2D eigenvalue weighted by molar-refractivity contribution is 5.92. The zero-order valence-electron chi connectivity index (χ0n) is 14.8. The Hall–Kier alpha value is -1.73. The largest absolute Gasteiger partial charge is 0.480 e. The Morgan fingerprint density at radius 2 is 2.00 bits per heavy atom. The Balaban J connectivity index is 1.59. The molecule has 24 heavy (non-hydrogen) atoms. The van der Waals surface area contributed by atoms with E-state index in [1.54, 1.807) is 0 Å². The average molecular weight is 333 g/mol. The molecule has 2 fully saturated rings. The summed E-state index contributed by atoms with van der Waals surface area (Å²) in [6, 6.07) is 0.900. The van der Waals surface area contributed by atoms with Gasteiger partial charge in [-0.15, -0.1) is 0 Å². The first-order chi connectivity index (χ1) is 11.6. The number of likely N-dealkylation sites (N-methyl/N-ethyl adjacent to an activating group) is 1. The fourth-order valence-corrected chi connectivity index (χ4v) is 3.67. The topological polar surface area (TPSA) is 61.8 Å². The summed E-state index contributed by atoms with van der Waals surface area (Å²) in [7, 11) is 5.58. The van der Waals surface area contributed by atoms with Crippen molar-refractivity contribution in [1.29, 1.82) is 0 Å². The summed E-state index contributed by atoms with van der Waals surface area (Å²) in [5.74, 6) is 0.283. The van der Waals surface area contributed by atoms with Gasteiger partial charge in [-0.3, -0.25) is 14.7 Å². The zero-order valence-corrected chi connectivity index (χ0v) is 14.8. The Bertz CT molecular complexity index is 574. The maximum absolute atomic E-state index is 12.7. The molecule has 0 aliphatic carbocycles. The van der Waals surface area contributed by atoms with Crippen molar-refractivity contribution in [1.82, 2.24) is 24.7 Å². The highest BCUT2D eigenvalue weighted by atomic mass is 16.5. The molecule has 2 saturated heterocycles. The van der Waals surface area contributed by atoms with E-state index in [-0.39, 0.29) is 11.9 Å². The van der Waals surface area contributed by atoms with Gasteiger partial charge in [-0.05, 0) is 39.4 Å². The lowest BCUT2D eigenvalue weighted by molar-refractivity contribution is 0.0714. The number of carbonyl (C=O) groups is 1. The standard InChI is InChI=1S/C17H27N5O2/c1-20-7-4-13(5-8-20)22-9-6-14(12-22)21(2)17(23)15-10-18-11-16(19-15)24-3/h10-11,13-14H,4-9,12H2,1-3H3/t14-/m0/s1. The molecule has 0 saturated carbocycles. The van der Waals surface area contributed by atoms with Crippen LogP contribution in [-0.2, 0) is 0 Å². The number of hydrogen-bond donors (Lipinski definition) is 0. The lowest BCUT2D eigenvalue weighted by Crippen LogP contribution is -2.45. The molecule has 1 atom stereocenters. The number of amides is 1. The van der Waals surface area contributed by atoms with Crippen molar-refractivity contribution in [2.24, 2.45) is 0 Å². The minimum absolute atomic E-state index is 0.0865. The van der Waals surface area contributed by atoms with Crippen LogP contribution < -0.4 is 4.74 Å². The molecular weight excluding hydrogens is 306 g/mol. The van der Waals surface area contributed by atoms with E-state index in [0.717, 1.165) is 19.5 Å². The highest BCUT2D eigenvalue weighted by Gasteiger charge is 2.33. The van der Waals surface area contributed by atoms with Gasteiger partial charge in [-0.2, -0.15) is 0 Å². The van der Waals surface area contributed by atoms with Crippen LogP contribution in [0.25, 0.3) is 0 Å². The number of ether oxygens (including phenoxy) is 1. The normalized spacial score (nSPS) is 23.4. The van der Waals surface area contributed by atoms with E-state index in [4.69, 9.17) is 4.74 Å². The van der Waals surface area contributed by atoms with Crippen molar-refractivity contribution in [3.8, 4) is 5.88 Å². The molecule has 1 aromatic rings. The molecule has 2 aliphatic rings. The second kappa shape index (κ2) is 7.44. The van der Waals surface area contributed by atoms with Gasteiger partial charge in [0.15, 0.2) is 5.69 Å². The van der Waals surface area contributed by atoms with Gasteiger partial charge >= 0.3 is 0 Å². The SMILES string of the molecule is COc1cncc(C(=O)N(C)[C@H]2CCN(C3CCN(C)CC3)C2)n1. The molecular formula is C17H27N5O2. The number of methoxy groups -OCH3 is 1. The molecule has 0 spiro atoms. The van der Waals surface area contributed by atoms with E-state index in [0.29, 0.717) is 17.6 Å². The van der Waals surface area contributed by atoms with Crippen molar-refractivity contribution >= 4 is 5.91 Å². The first-order valence-corrected chi connectivity index (χ1v) is 8.64. The van der Waals surface area contributed by atoms with Crippen LogP contribution >= 0.6 is 0 Å². The van der Waals surface area contributed by atoms with Crippen molar-refractivity contribution in [2.75, 3.05) is 47.4 Å². The molecule has 7 heteroatoms. The lowest BCUT2D eigenvalue weighted by atomic mass is 10.0. The van der Waals surface area contributed by atoms with Crippen LogP contribution in [0.15, 0.2) is 12.4 Å². The lowest BCUT2D eigenvalue weighted by Gasteiger charge is -2.35. The van der Waals surface area contributed by atoms with Gasteiger partial charge in [0.05, 0.1) is 19.5 Å². The number of carbonyl (C=O) groups excluding carboxylic acids is 1. The zero-order chi connectivity index (χ0) is 17.1. The third kappa shape index (κ3) is 3.67.